The summed E-state index contributed by atoms with van der Waals surface area (Å²) in [5, 5.41) is 20.3. The summed E-state index contributed by atoms with van der Waals surface area (Å²) in [6.45, 7) is 6.32. The van der Waals surface area contributed by atoms with Gasteiger partial charge in [-0.1, -0.05) is 31.2 Å². The fourth-order valence-electron chi connectivity index (χ4n) is 4.16. The topological polar surface area (TPSA) is 90.4 Å². The molecule has 1 aromatic heterocycles. The number of likely N-dealkylation sites (N-methyl/N-ethyl adjacent to an activating group) is 1. The van der Waals surface area contributed by atoms with Crippen LogP contribution in [0.3, 0.4) is 0 Å². The molecule has 4 rings (SSSR count). The summed E-state index contributed by atoms with van der Waals surface area (Å²) in [5.74, 6) is -0.0664. The van der Waals surface area contributed by atoms with E-state index >= 15 is 0 Å². The molecule has 0 saturated heterocycles. The van der Waals surface area contributed by atoms with Gasteiger partial charge < -0.3 is 4.90 Å². The number of rotatable bonds is 6. The van der Waals surface area contributed by atoms with Crippen LogP contribution in [0.4, 0.5) is 10.1 Å². The molecule has 2 atom stereocenters. The fraction of sp³-hybridized carbons (Fsp3) is 0.348. The molecule has 1 amide bonds. The number of hydrogen-bond donors (Lipinski definition) is 1. The highest BCUT2D eigenvalue weighted by Gasteiger charge is 2.30. The molecule has 0 saturated carbocycles. The van der Waals surface area contributed by atoms with Crippen molar-refractivity contribution in [3.8, 4) is 11.4 Å². The van der Waals surface area contributed by atoms with Crippen LogP contribution in [0.2, 0.25) is 0 Å². The summed E-state index contributed by atoms with van der Waals surface area (Å²) >= 11 is 0. The number of halogens is 1. The lowest BCUT2D eigenvalue weighted by Gasteiger charge is -2.24. The van der Waals surface area contributed by atoms with Crippen molar-refractivity contribution in [3.63, 3.8) is 0 Å². The quantitative estimate of drug-likeness (QED) is 0.637. The van der Waals surface area contributed by atoms with E-state index in [0.717, 1.165) is 11.3 Å². The zero-order valence-electron chi connectivity index (χ0n) is 18.6. The van der Waals surface area contributed by atoms with E-state index in [4.69, 9.17) is 0 Å². The van der Waals surface area contributed by atoms with Crippen molar-refractivity contribution in [1.29, 1.82) is 0 Å². The second-order valence-corrected chi connectivity index (χ2v) is 8.04. The minimum atomic E-state index is -0.472. The predicted octanol–water partition coefficient (Wildman–Crippen LogP) is 3.74. The average Bonchev–Trinajstić information content (AvgIpc) is 3.40. The van der Waals surface area contributed by atoms with E-state index in [1.165, 1.54) is 17.7 Å². The number of carbonyl (C=O) groups excluding carboxylic acids is 1. The van der Waals surface area contributed by atoms with Crippen molar-refractivity contribution in [2.24, 2.45) is 5.10 Å². The zero-order chi connectivity index (χ0) is 22.8. The first-order valence-electron chi connectivity index (χ1n) is 10.6. The third-order valence-electron chi connectivity index (χ3n) is 5.92. The maximum Gasteiger partial charge on any atom is 0.227 e. The Labute approximate surface area is 186 Å². The number of hydrazone groups is 1. The highest BCUT2D eigenvalue weighted by Crippen LogP contribution is 2.31. The van der Waals surface area contributed by atoms with Gasteiger partial charge in [0.1, 0.15) is 5.82 Å². The Bertz CT molecular complexity index is 1130. The summed E-state index contributed by atoms with van der Waals surface area (Å²) in [4.78, 5) is 14.3. The van der Waals surface area contributed by atoms with Crippen LogP contribution in [0, 0.1) is 5.82 Å². The molecule has 0 spiro atoms. The number of carbonyl (C=O) groups is 1. The first kappa shape index (κ1) is 21.6. The van der Waals surface area contributed by atoms with Crippen LogP contribution in [-0.4, -0.2) is 50.3 Å². The molecule has 2 aromatic carbocycles. The van der Waals surface area contributed by atoms with Gasteiger partial charge in [0.15, 0.2) is 0 Å². The van der Waals surface area contributed by atoms with Crippen molar-refractivity contribution < 1.29 is 9.18 Å². The number of benzene rings is 2. The molecule has 3 aromatic rings. The van der Waals surface area contributed by atoms with Crippen molar-refractivity contribution in [1.82, 2.24) is 25.6 Å². The van der Waals surface area contributed by atoms with E-state index in [1.54, 1.807) is 17.9 Å². The molecule has 0 radical (unpaired) electrons. The molecule has 1 aliphatic heterocycles. The number of aromatic amines is 1. The Balaban J connectivity index is 1.61. The summed E-state index contributed by atoms with van der Waals surface area (Å²) < 4.78 is 14.4. The number of tetrazole rings is 1. The van der Waals surface area contributed by atoms with Crippen LogP contribution in [0.25, 0.3) is 11.4 Å². The van der Waals surface area contributed by atoms with Gasteiger partial charge in [-0.15, -0.1) is 10.2 Å². The van der Waals surface area contributed by atoms with E-state index in [-0.39, 0.29) is 23.7 Å². The van der Waals surface area contributed by atoms with Crippen molar-refractivity contribution in [2.75, 3.05) is 11.9 Å². The van der Waals surface area contributed by atoms with Crippen LogP contribution < -0.4 is 4.90 Å². The van der Waals surface area contributed by atoms with Crippen molar-refractivity contribution in [2.45, 2.75) is 45.7 Å². The number of hydrogen-bond acceptors (Lipinski definition) is 6. The normalized spacial score (nSPS) is 18.0. The van der Waals surface area contributed by atoms with Gasteiger partial charge in [-0.25, -0.2) is 4.39 Å². The minimum Gasteiger partial charge on any atom is -0.308 e. The van der Waals surface area contributed by atoms with Crippen LogP contribution in [0.1, 0.15) is 44.2 Å². The number of amides is 1. The second-order valence-electron chi connectivity index (χ2n) is 8.04. The maximum absolute atomic E-state index is 14.4. The lowest BCUT2D eigenvalue weighted by Crippen LogP contribution is -2.30. The minimum absolute atomic E-state index is 0.104. The standard InChI is InChI=1S/C23H26FN7O/c1-5-21(32)31(20-11-18(10-19(24)12-20)23-25-28-29-26-23)13-16-6-8-17(9-7-16)22-14(2)27-30(4)15(22)3/h6-12,15,22H,5,13H2,1-4H3,(H,25,26,28,29). The summed E-state index contributed by atoms with van der Waals surface area (Å²) in [7, 11) is 1.98. The van der Waals surface area contributed by atoms with E-state index in [0.29, 0.717) is 24.2 Å². The van der Waals surface area contributed by atoms with Crippen molar-refractivity contribution >= 4 is 17.3 Å². The Morgan fingerprint density at radius 3 is 2.56 bits per heavy atom. The highest BCUT2D eigenvalue weighted by atomic mass is 19.1. The zero-order valence-corrected chi connectivity index (χ0v) is 18.6. The lowest BCUT2D eigenvalue weighted by atomic mass is 9.89. The Morgan fingerprint density at radius 2 is 1.97 bits per heavy atom. The van der Waals surface area contributed by atoms with Crippen molar-refractivity contribution in [3.05, 3.63) is 59.4 Å². The Hall–Kier alpha value is -3.62. The van der Waals surface area contributed by atoms with Crippen LogP contribution >= 0.6 is 0 Å². The van der Waals surface area contributed by atoms with Gasteiger partial charge in [-0.3, -0.25) is 9.80 Å². The number of nitrogens with zero attached hydrogens (tertiary/aromatic N) is 6. The summed E-state index contributed by atoms with van der Waals surface area (Å²) in [5.41, 5.74) is 4.13. The summed E-state index contributed by atoms with van der Waals surface area (Å²) in [6.07, 6.45) is 0.299. The third-order valence-corrected chi connectivity index (χ3v) is 5.92. The van der Waals surface area contributed by atoms with Gasteiger partial charge in [0.05, 0.1) is 12.6 Å². The van der Waals surface area contributed by atoms with Crippen LogP contribution in [0.15, 0.2) is 47.6 Å². The number of nitrogens with one attached hydrogen (secondary N) is 1. The molecule has 166 valence electrons. The summed E-state index contributed by atoms with van der Waals surface area (Å²) in [6, 6.07) is 12.9. The predicted molar refractivity (Wildman–Crippen MR) is 121 cm³/mol. The first-order valence-corrected chi connectivity index (χ1v) is 10.6. The fourth-order valence-corrected chi connectivity index (χ4v) is 4.16. The number of anilines is 1. The maximum atomic E-state index is 14.4. The second kappa shape index (κ2) is 8.86. The first-order chi connectivity index (χ1) is 15.4. The number of aromatic nitrogens is 4. The van der Waals surface area contributed by atoms with Gasteiger partial charge >= 0.3 is 0 Å². The molecule has 0 fully saturated rings. The molecular weight excluding hydrogens is 409 g/mol. The smallest absolute Gasteiger partial charge is 0.227 e. The van der Waals surface area contributed by atoms with E-state index in [2.05, 4.69) is 44.8 Å². The molecule has 0 aliphatic carbocycles. The Kier molecular flexibility index (Phi) is 5.98. The molecule has 0 bridgehead atoms. The molecule has 32 heavy (non-hydrogen) atoms. The molecule has 8 nitrogen and oxygen atoms in total. The average molecular weight is 436 g/mol. The van der Waals surface area contributed by atoms with Gasteiger partial charge in [0, 0.05) is 36.3 Å². The third kappa shape index (κ3) is 4.23. The van der Waals surface area contributed by atoms with E-state index in [9.17, 15) is 9.18 Å². The molecule has 2 unspecified atom stereocenters. The largest absolute Gasteiger partial charge is 0.308 e. The highest BCUT2D eigenvalue weighted by molar-refractivity contribution is 5.94. The molecule has 1 aliphatic rings. The molecule has 9 heteroatoms. The lowest BCUT2D eigenvalue weighted by molar-refractivity contribution is -0.118. The van der Waals surface area contributed by atoms with E-state index in [1.807, 2.05) is 31.1 Å². The molecule has 1 N–H and O–H groups in total. The number of H-pyrrole nitrogens is 1. The molecule has 2 heterocycles. The van der Waals surface area contributed by atoms with Crippen LogP contribution in [-0.2, 0) is 11.3 Å². The SMILES string of the molecule is CCC(=O)N(Cc1ccc(C2C(C)=NN(C)C2C)cc1)c1cc(F)cc(-c2nn[nH]n2)c1. The van der Waals surface area contributed by atoms with Gasteiger partial charge in [-0.05, 0) is 48.4 Å². The van der Waals surface area contributed by atoms with Crippen LogP contribution in [0.5, 0.6) is 0 Å². The molecular formula is C23H26FN7O. The van der Waals surface area contributed by atoms with Gasteiger partial charge in [0.25, 0.3) is 0 Å². The van der Waals surface area contributed by atoms with Gasteiger partial charge in [-0.2, -0.15) is 10.3 Å². The van der Waals surface area contributed by atoms with Gasteiger partial charge in [0.2, 0.25) is 11.7 Å². The van der Waals surface area contributed by atoms with E-state index < -0.39 is 5.82 Å². The monoisotopic (exact) mass is 435 g/mol. The Morgan fingerprint density at radius 1 is 1.22 bits per heavy atom.